The molecule has 0 atom stereocenters. The maximum absolute atomic E-state index is 8.81. The third kappa shape index (κ3) is 6.04. The standard InChI is InChI=1S/C18H20BrCl2NO3/c1-24-17-9-13(10-22-5-2-6-23)7-14(19)18(17)25-11-12-3-4-15(20)16(21)8-12/h3-4,7-9,22-23H,2,5-6,10-11H2,1H3. The van der Waals surface area contributed by atoms with Crippen molar-refractivity contribution in [1.29, 1.82) is 0 Å². The van der Waals surface area contributed by atoms with E-state index >= 15 is 0 Å². The zero-order valence-electron chi connectivity index (χ0n) is 13.8. The number of hydrogen-bond donors (Lipinski definition) is 2. The van der Waals surface area contributed by atoms with Crippen LogP contribution in [0.5, 0.6) is 11.5 Å². The third-order valence-corrected chi connectivity index (χ3v) is 4.83. The first-order chi connectivity index (χ1) is 12.0. The summed E-state index contributed by atoms with van der Waals surface area (Å²) in [6.45, 7) is 1.97. The summed E-state index contributed by atoms with van der Waals surface area (Å²) < 4.78 is 12.2. The predicted molar refractivity (Wildman–Crippen MR) is 105 cm³/mol. The molecule has 0 aliphatic heterocycles. The summed E-state index contributed by atoms with van der Waals surface area (Å²) in [4.78, 5) is 0. The number of rotatable bonds is 9. The van der Waals surface area contributed by atoms with E-state index in [1.165, 1.54) is 0 Å². The second-order valence-corrected chi connectivity index (χ2v) is 7.07. The predicted octanol–water partition coefficient (Wildman–Crippen LogP) is 4.82. The number of halogens is 3. The molecule has 0 aliphatic carbocycles. The molecule has 4 nitrogen and oxygen atoms in total. The molecule has 136 valence electrons. The molecule has 0 amide bonds. The minimum Gasteiger partial charge on any atom is -0.493 e. The summed E-state index contributed by atoms with van der Waals surface area (Å²) >= 11 is 15.5. The molecule has 0 saturated heterocycles. The lowest BCUT2D eigenvalue weighted by molar-refractivity contribution is 0.282. The highest BCUT2D eigenvalue weighted by atomic mass is 79.9. The second-order valence-electron chi connectivity index (χ2n) is 5.40. The molecule has 0 bridgehead atoms. The minimum atomic E-state index is 0.182. The van der Waals surface area contributed by atoms with Crippen molar-refractivity contribution < 1.29 is 14.6 Å². The molecular weight excluding hydrogens is 429 g/mol. The molecule has 25 heavy (non-hydrogen) atoms. The smallest absolute Gasteiger partial charge is 0.175 e. The van der Waals surface area contributed by atoms with Crippen molar-refractivity contribution in [2.24, 2.45) is 0 Å². The summed E-state index contributed by atoms with van der Waals surface area (Å²) in [6.07, 6.45) is 0.725. The van der Waals surface area contributed by atoms with Crippen molar-refractivity contribution in [3.63, 3.8) is 0 Å². The van der Waals surface area contributed by atoms with Crippen LogP contribution in [0.4, 0.5) is 0 Å². The number of methoxy groups -OCH3 is 1. The number of aliphatic hydroxyl groups is 1. The van der Waals surface area contributed by atoms with Crippen LogP contribution < -0.4 is 14.8 Å². The largest absolute Gasteiger partial charge is 0.493 e. The molecule has 0 spiro atoms. The van der Waals surface area contributed by atoms with Crippen LogP contribution in [0.3, 0.4) is 0 Å². The molecule has 0 fully saturated rings. The average Bonchev–Trinajstić information content (AvgIpc) is 2.60. The molecule has 2 aromatic rings. The maximum atomic E-state index is 8.81. The molecule has 0 unspecified atom stereocenters. The van der Waals surface area contributed by atoms with Gasteiger partial charge in [0.25, 0.3) is 0 Å². The summed E-state index contributed by atoms with van der Waals surface area (Å²) in [7, 11) is 1.61. The van der Waals surface area contributed by atoms with E-state index in [4.69, 9.17) is 37.8 Å². The van der Waals surface area contributed by atoms with E-state index in [1.54, 1.807) is 19.2 Å². The Bertz CT molecular complexity index is 713. The average molecular weight is 449 g/mol. The first kappa shape index (κ1) is 20.3. The van der Waals surface area contributed by atoms with Gasteiger partial charge < -0.3 is 19.9 Å². The molecular formula is C18H20BrCl2NO3. The zero-order valence-corrected chi connectivity index (χ0v) is 16.9. The fraction of sp³-hybridized carbons (Fsp3) is 0.333. The number of ether oxygens (including phenoxy) is 2. The van der Waals surface area contributed by atoms with Crippen molar-refractivity contribution in [1.82, 2.24) is 5.32 Å². The van der Waals surface area contributed by atoms with Gasteiger partial charge in [-0.1, -0.05) is 29.3 Å². The monoisotopic (exact) mass is 447 g/mol. The van der Waals surface area contributed by atoms with Gasteiger partial charge in [-0.25, -0.2) is 0 Å². The molecule has 0 saturated carbocycles. The number of hydrogen-bond acceptors (Lipinski definition) is 4. The van der Waals surface area contributed by atoms with Gasteiger partial charge in [0.1, 0.15) is 6.61 Å². The number of benzene rings is 2. The van der Waals surface area contributed by atoms with Crippen LogP contribution >= 0.6 is 39.1 Å². The highest BCUT2D eigenvalue weighted by Gasteiger charge is 2.12. The third-order valence-electron chi connectivity index (χ3n) is 3.50. The Morgan fingerprint density at radius 2 is 1.92 bits per heavy atom. The van der Waals surface area contributed by atoms with Gasteiger partial charge >= 0.3 is 0 Å². The van der Waals surface area contributed by atoms with E-state index in [-0.39, 0.29) is 6.61 Å². The van der Waals surface area contributed by atoms with Gasteiger partial charge in [0.15, 0.2) is 11.5 Å². The van der Waals surface area contributed by atoms with Gasteiger partial charge in [0, 0.05) is 13.2 Å². The fourth-order valence-electron chi connectivity index (χ4n) is 2.24. The summed E-state index contributed by atoms with van der Waals surface area (Å²) in [5.74, 6) is 1.28. The number of aliphatic hydroxyl groups excluding tert-OH is 1. The first-order valence-electron chi connectivity index (χ1n) is 7.80. The SMILES string of the molecule is COc1cc(CNCCCO)cc(Br)c1OCc1ccc(Cl)c(Cl)c1. The molecule has 0 aromatic heterocycles. The van der Waals surface area contributed by atoms with Gasteiger partial charge in [-0.2, -0.15) is 0 Å². The lowest BCUT2D eigenvalue weighted by Crippen LogP contribution is -2.15. The topological polar surface area (TPSA) is 50.7 Å². The van der Waals surface area contributed by atoms with Crippen LogP contribution in [0.1, 0.15) is 17.5 Å². The minimum absolute atomic E-state index is 0.182. The summed E-state index contributed by atoms with van der Waals surface area (Å²) in [6, 6.07) is 9.31. The summed E-state index contributed by atoms with van der Waals surface area (Å²) in [5.41, 5.74) is 1.97. The Morgan fingerprint density at radius 1 is 1.12 bits per heavy atom. The van der Waals surface area contributed by atoms with Crippen molar-refractivity contribution in [2.45, 2.75) is 19.6 Å². The van der Waals surface area contributed by atoms with Crippen molar-refractivity contribution in [2.75, 3.05) is 20.3 Å². The van der Waals surface area contributed by atoms with Crippen molar-refractivity contribution >= 4 is 39.1 Å². The molecule has 0 heterocycles. The lowest BCUT2D eigenvalue weighted by atomic mass is 10.2. The van der Waals surface area contributed by atoms with Gasteiger partial charge in [0.2, 0.25) is 0 Å². The molecule has 0 aliphatic rings. The van der Waals surface area contributed by atoms with E-state index in [0.717, 1.165) is 28.6 Å². The van der Waals surface area contributed by atoms with Crippen LogP contribution in [0.15, 0.2) is 34.8 Å². The van der Waals surface area contributed by atoms with Crippen LogP contribution in [-0.2, 0) is 13.2 Å². The number of nitrogens with one attached hydrogen (secondary N) is 1. The molecule has 2 N–H and O–H groups in total. The van der Waals surface area contributed by atoms with E-state index in [0.29, 0.717) is 34.7 Å². The van der Waals surface area contributed by atoms with Crippen LogP contribution in [0.2, 0.25) is 10.0 Å². The Balaban J connectivity index is 2.07. The summed E-state index contributed by atoms with van der Waals surface area (Å²) in [5, 5.41) is 13.1. The maximum Gasteiger partial charge on any atom is 0.175 e. The van der Waals surface area contributed by atoms with E-state index in [9.17, 15) is 0 Å². The van der Waals surface area contributed by atoms with Gasteiger partial charge in [-0.3, -0.25) is 0 Å². The van der Waals surface area contributed by atoms with Crippen molar-refractivity contribution in [3.8, 4) is 11.5 Å². The Hall–Kier alpha value is -0.980. The molecule has 2 rings (SSSR count). The molecule has 7 heteroatoms. The van der Waals surface area contributed by atoms with E-state index < -0.39 is 0 Å². The van der Waals surface area contributed by atoms with Crippen molar-refractivity contribution in [3.05, 3.63) is 56.0 Å². The Morgan fingerprint density at radius 3 is 2.60 bits per heavy atom. The zero-order chi connectivity index (χ0) is 18.2. The normalized spacial score (nSPS) is 10.8. The van der Waals surface area contributed by atoms with Gasteiger partial charge in [-0.15, -0.1) is 0 Å². The quantitative estimate of drug-likeness (QED) is 0.540. The molecule has 0 radical (unpaired) electrons. The first-order valence-corrected chi connectivity index (χ1v) is 9.34. The Kier molecular flexibility index (Phi) is 8.33. The van der Waals surface area contributed by atoms with E-state index in [2.05, 4.69) is 21.2 Å². The van der Waals surface area contributed by atoms with Crippen LogP contribution in [0.25, 0.3) is 0 Å². The van der Waals surface area contributed by atoms with E-state index in [1.807, 2.05) is 18.2 Å². The highest BCUT2D eigenvalue weighted by Crippen LogP contribution is 2.37. The molecule has 2 aromatic carbocycles. The van der Waals surface area contributed by atoms with Crippen LogP contribution in [0, 0.1) is 0 Å². The van der Waals surface area contributed by atoms with Gasteiger partial charge in [-0.05, 0) is 64.3 Å². The van der Waals surface area contributed by atoms with Gasteiger partial charge in [0.05, 0.1) is 21.6 Å². The lowest BCUT2D eigenvalue weighted by Gasteiger charge is -2.15. The fourth-order valence-corrected chi connectivity index (χ4v) is 3.16. The Labute approximate surface area is 166 Å². The highest BCUT2D eigenvalue weighted by molar-refractivity contribution is 9.10. The van der Waals surface area contributed by atoms with Crippen LogP contribution in [-0.4, -0.2) is 25.4 Å². The second kappa shape index (κ2) is 10.2.